The number of hydrogen-bond donors (Lipinski definition) is 2. The first-order valence-corrected chi connectivity index (χ1v) is 5.36. The lowest BCUT2D eigenvalue weighted by atomic mass is 10.0. The van der Waals surface area contributed by atoms with Gasteiger partial charge in [0.25, 0.3) is 0 Å². The number of pyridine rings is 1. The van der Waals surface area contributed by atoms with E-state index in [1.54, 1.807) is 12.1 Å². The van der Waals surface area contributed by atoms with Crippen LogP contribution >= 0.6 is 0 Å². The lowest BCUT2D eigenvalue weighted by molar-refractivity contribution is -0.123. The van der Waals surface area contributed by atoms with Gasteiger partial charge in [0.2, 0.25) is 5.91 Å². The molecule has 1 aliphatic heterocycles. The maximum Gasteiger partial charge on any atom is 0.230 e. The number of amides is 1. The van der Waals surface area contributed by atoms with Crippen molar-refractivity contribution in [2.45, 2.75) is 12.8 Å². The second-order valence-electron chi connectivity index (χ2n) is 3.88. The van der Waals surface area contributed by atoms with Crippen molar-refractivity contribution < 1.29 is 9.53 Å². The first-order valence-electron chi connectivity index (χ1n) is 5.36. The lowest BCUT2D eigenvalue weighted by Crippen LogP contribution is -2.30. The number of aromatic nitrogens is 1. The summed E-state index contributed by atoms with van der Waals surface area (Å²) < 4.78 is 5.26. The summed E-state index contributed by atoms with van der Waals surface area (Å²) in [5.41, 5.74) is 6.09. The van der Waals surface area contributed by atoms with Crippen molar-refractivity contribution in [3.05, 3.63) is 18.3 Å². The third kappa shape index (κ3) is 2.70. The maximum atomic E-state index is 11.8. The Morgan fingerprint density at radius 2 is 2.44 bits per heavy atom. The molecule has 1 aromatic heterocycles. The van der Waals surface area contributed by atoms with Gasteiger partial charge in [0.15, 0.2) is 0 Å². The van der Waals surface area contributed by atoms with Crippen LogP contribution in [0.2, 0.25) is 0 Å². The predicted molar refractivity (Wildman–Crippen MR) is 60.8 cm³/mol. The topological polar surface area (TPSA) is 77.2 Å². The highest BCUT2D eigenvalue weighted by molar-refractivity contribution is 5.91. The van der Waals surface area contributed by atoms with E-state index in [4.69, 9.17) is 10.5 Å². The number of rotatable bonds is 2. The van der Waals surface area contributed by atoms with E-state index < -0.39 is 0 Å². The largest absolute Gasteiger partial charge is 0.397 e. The van der Waals surface area contributed by atoms with Crippen LogP contribution in [0.4, 0.5) is 11.5 Å². The zero-order valence-electron chi connectivity index (χ0n) is 8.98. The lowest BCUT2D eigenvalue weighted by Gasteiger charge is -2.20. The molecule has 1 aliphatic rings. The summed E-state index contributed by atoms with van der Waals surface area (Å²) in [4.78, 5) is 15.8. The number of ether oxygens (including phenoxy) is 1. The summed E-state index contributed by atoms with van der Waals surface area (Å²) in [6.45, 7) is 1.25. The Morgan fingerprint density at radius 1 is 1.56 bits per heavy atom. The molecule has 0 aliphatic carbocycles. The van der Waals surface area contributed by atoms with Crippen LogP contribution in [0.5, 0.6) is 0 Å². The van der Waals surface area contributed by atoms with Crippen LogP contribution in [0.25, 0.3) is 0 Å². The second kappa shape index (κ2) is 4.94. The fourth-order valence-electron chi connectivity index (χ4n) is 1.66. The molecule has 1 saturated heterocycles. The van der Waals surface area contributed by atoms with E-state index in [9.17, 15) is 4.79 Å². The van der Waals surface area contributed by atoms with Gasteiger partial charge < -0.3 is 15.8 Å². The smallest absolute Gasteiger partial charge is 0.230 e. The Kier molecular flexibility index (Phi) is 3.36. The number of nitrogens with one attached hydrogen (secondary N) is 1. The zero-order chi connectivity index (χ0) is 11.4. The van der Waals surface area contributed by atoms with Crippen molar-refractivity contribution in [2.24, 2.45) is 5.92 Å². The molecule has 0 aromatic carbocycles. The molecule has 2 rings (SSSR count). The number of nitrogens with zero attached hydrogens (tertiary/aromatic N) is 1. The summed E-state index contributed by atoms with van der Waals surface area (Å²) in [5, 5.41) is 2.75. The summed E-state index contributed by atoms with van der Waals surface area (Å²) in [5.74, 6) is 0.440. The molecule has 5 heteroatoms. The maximum absolute atomic E-state index is 11.8. The van der Waals surface area contributed by atoms with Crippen LogP contribution in [0, 0.1) is 5.92 Å². The van der Waals surface area contributed by atoms with Gasteiger partial charge in [-0.3, -0.25) is 4.79 Å². The number of nitrogens with two attached hydrogens (primary N) is 1. The van der Waals surface area contributed by atoms with Crippen LogP contribution in [-0.2, 0) is 9.53 Å². The molecule has 1 unspecified atom stereocenters. The highest BCUT2D eigenvalue weighted by Crippen LogP contribution is 2.15. The van der Waals surface area contributed by atoms with Crippen molar-refractivity contribution in [3.8, 4) is 0 Å². The minimum atomic E-state index is -0.0619. The first-order chi connectivity index (χ1) is 7.75. The van der Waals surface area contributed by atoms with Gasteiger partial charge in [0, 0.05) is 6.61 Å². The van der Waals surface area contributed by atoms with Crippen LogP contribution in [0.1, 0.15) is 12.8 Å². The van der Waals surface area contributed by atoms with E-state index in [0.29, 0.717) is 18.1 Å². The molecule has 2 heterocycles. The molecule has 16 heavy (non-hydrogen) atoms. The fraction of sp³-hybridized carbons (Fsp3) is 0.455. The Labute approximate surface area is 94.0 Å². The molecule has 1 aromatic rings. The van der Waals surface area contributed by atoms with Gasteiger partial charge in [-0.2, -0.15) is 0 Å². The molecule has 0 bridgehead atoms. The fourth-order valence-corrected chi connectivity index (χ4v) is 1.66. The SMILES string of the molecule is Nc1ccc(NC(=O)C2CCCOC2)nc1. The van der Waals surface area contributed by atoms with Crippen LogP contribution in [0.15, 0.2) is 18.3 Å². The minimum Gasteiger partial charge on any atom is -0.397 e. The summed E-state index contributed by atoms with van der Waals surface area (Å²) in [6, 6.07) is 3.40. The standard InChI is InChI=1S/C11H15N3O2/c12-9-3-4-10(13-6-9)14-11(15)8-2-1-5-16-7-8/h3-4,6,8H,1-2,5,7,12H2,(H,13,14,15). The van der Waals surface area contributed by atoms with E-state index in [1.165, 1.54) is 6.20 Å². The van der Waals surface area contributed by atoms with E-state index >= 15 is 0 Å². The van der Waals surface area contributed by atoms with Crippen molar-refractivity contribution in [2.75, 3.05) is 24.3 Å². The molecule has 0 saturated carbocycles. The molecular formula is C11H15N3O2. The van der Waals surface area contributed by atoms with Crippen LogP contribution < -0.4 is 11.1 Å². The van der Waals surface area contributed by atoms with Gasteiger partial charge in [-0.05, 0) is 25.0 Å². The molecule has 0 spiro atoms. The van der Waals surface area contributed by atoms with Crippen molar-refractivity contribution in [1.82, 2.24) is 4.98 Å². The van der Waals surface area contributed by atoms with Crippen LogP contribution in [-0.4, -0.2) is 24.1 Å². The first kappa shape index (κ1) is 10.9. The second-order valence-corrected chi connectivity index (χ2v) is 3.88. The molecule has 5 nitrogen and oxygen atoms in total. The predicted octanol–water partition coefficient (Wildman–Crippen LogP) is 1.03. The highest BCUT2D eigenvalue weighted by atomic mass is 16.5. The monoisotopic (exact) mass is 221 g/mol. The molecule has 0 radical (unpaired) electrons. The Balaban J connectivity index is 1.93. The van der Waals surface area contributed by atoms with Gasteiger partial charge in [-0.15, -0.1) is 0 Å². The highest BCUT2D eigenvalue weighted by Gasteiger charge is 2.21. The molecule has 1 atom stereocenters. The summed E-state index contributed by atoms with van der Waals surface area (Å²) >= 11 is 0. The van der Waals surface area contributed by atoms with E-state index in [2.05, 4.69) is 10.3 Å². The van der Waals surface area contributed by atoms with Gasteiger partial charge in [-0.25, -0.2) is 4.98 Å². The van der Waals surface area contributed by atoms with Crippen LogP contribution in [0.3, 0.4) is 0 Å². The van der Waals surface area contributed by atoms with Crippen molar-refractivity contribution in [1.29, 1.82) is 0 Å². The number of nitrogen functional groups attached to an aromatic ring is 1. The molecule has 1 fully saturated rings. The third-order valence-electron chi connectivity index (χ3n) is 2.57. The van der Waals surface area contributed by atoms with Crippen molar-refractivity contribution in [3.63, 3.8) is 0 Å². The zero-order valence-corrected chi connectivity index (χ0v) is 8.98. The molecular weight excluding hydrogens is 206 g/mol. The number of carbonyl (C=O) groups is 1. The quantitative estimate of drug-likeness (QED) is 0.782. The molecule has 1 amide bonds. The van der Waals surface area contributed by atoms with Gasteiger partial charge in [0.1, 0.15) is 5.82 Å². The normalized spacial score (nSPS) is 20.4. The number of carbonyl (C=O) groups excluding carboxylic acids is 1. The Morgan fingerprint density at radius 3 is 3.06 bits per heavy atom. The number of hydrogen-bond acceptors (Lipinski definition) is 4. The number of anilines is 2. The van der Waals surface area contributed by atoms with Gasteiger partial charge in [0.05, 0.1) is 24.4 Å². The van der Waals surface area contributed by atoms with E-state index in [1.807, 2.05) is 0 Å². The Hall–Kier alpha value is -1.62. The molecule has 3 N–H and O–H groups in total. The molecule has 86 valence electrons. The van der Waals surface area contributed by atoms with Gasteiger partial charge in [-0.1, -0.05) is 0 Å². The minimum absolute atomic E-state index is 0.0306. The average molecular weight is 221 g/mol. The Bertz CT molecular complexity index is 358. The van der Waals surface area contributed by atoms with Crippen molar-refractivity contribution >= 4 is 17.4 Å². The summed E-state index contributed by atoms with van der Waals surface area (Å²) in [7, 11) is 0. The summed E-state index contributed by atoms with van der Waals surface area (Å²) in [6.07, 6.45) is 3.33. The van der Waals surface area contributed by atoms with E-state index in [0.717, 1.165) is 19.4 Å². The van der Waals surface area contributed by atoms with Gasteiger partial charge >= 0.3 is 0 Å². The van der Waals surface area contributed by atoms with E-state index in [-0.39, 0.29) is 11.8 Å². The third-order valence-corrected chi connectivity index (χ3v) is 2.57. The average Bonchev–Trinajstić information content (AvgIpc) is 2.33.